The third-order valence-electron chi connectivity index (χ3n) is 5.26. The monoisotopic (exact) mass is 377 g/mol. The molecule has 1 aliphatic rings. The molecule has 144 valence electrons. The van der Waals surface area contributed by atoms with Gasteiger partial charge in [0.25, 0.3) is 5.91 Å². The molecule has 0 atom stereocenters. The third kappa shape index (κ3) is 3.35. The molecule has 7 nitrogen and oxygen atoms in total. The summed E-state index contributed by atoms with van der Waals surface area (Å²) in [5.74, 6) is 0.382. The van der Waals surface area contributed by atoms with Crippen LogP contribution in [0.2, 0.25) is 0 Å². The van der Waals surface area contributed by atoms with E-state index in [1.807, 2.05) is 18.2 Å². The van der Waals surface area contributed by atoms with Crippen molar-refractivity contribution in [3.63, 3.8) is 0 Å². The highest BCUT2D eigenvalue weighted by Crippen LogP contribution is 2.34. The molecule has 0 spiro atoms. The van der Waals surface area contributed by atoms with Gasteiger partial charge < -0.3 is 15.2 Å². The maximum absolute atomic E-state index is 12.2. The average molecular weight is 377 g/mol. The number of carbonyl (C=O) groups excluding carboxylic acids is 2. The van der Waals surface area contributed by atoms with E-state index in [1.54, 1.807) is 32.3 Å². The van der Waals surface area contributed by atoms with Crippen LogP contribution in [-0.2, 0) is 0 Å². The quantitative estimate of drug-likeness (QED) is 0.659. The number of nitrogens with zero attached hydrogens (tertiary/aromatic N) is 3. The SMILES string of the molecule is CNC(=O)c1ccc(Nc2ncc3cc(C(C)=O)n(C4CCCC4)c3n2)cc1. The summed E-state index contributed by atoms with van der Waals surface area (Å²) in [6.45, 7) is 1.60. The topological polar surface area (TPSA) is 88.9 Å². The van der Waals surface area contributed by atoms with Crippen LogP contribution in [0.25, 0.3) is 11.0 Å². The first-order chi connectivity index (χ1) is 13.6. The van der Waals surface area contributed by atoms with Crippen LogP contribution in [0.5, 0.6) is 0 Å². The second-order valence-electron chi connectivity index (χ2n) is 7.15. The van der Waals surface area contributed by atoms with Gasteiger partial charge in [-0.25, -0.2) is 4.98 Å². The summed E-state index contributed by atoms with van der Waals surface area (Å²) in [7, 11) is 1.60. The Bertz CT molecular complexity index is 1030. The zero-order valence-electron chi connectivity index (χ0n) is 16.0. The molecule has 0 unspecified atom stereocenters. The van der Waals surface area contributed by atoms with Crippen LogP contribution in [0.1, 0.15) is 59.5 Å². The van der Waals surface area contributed by atoms with Crippen molar-refractivity contribution in [2.75, 3.05) is 12.4 Å². The van der Waals surface area contributed by atoms with Crippen LogP contribution in [0, 0.1) is 0 Å². The van der Waals surface area contributed by atoms with Crippen LogP contribution in [0.15, 0.2) is 36.5 Å². The van der Waals surface area contributed by atoms with E-state index in [0.29, 0.717) is 23.2 Å². The lowest BCUT2D eigenvalue weighted by Gasteiger charge is -2.16. The summed E-state index contributed by atoms with van der Waals surface area (Å²) in [5, 5.41) is 6.66. The van der Waals surface area contributed by atoms with E-state index >= 15 is 0 Å². The number of amides is 1. The van der Waals surface area contributed by atoms with Gasteiger partial charge in [-0.2, -0.15) is 4.98 Å². The summed E-state index contributed by atoms with van der Waals surface area (Å²) >= 11 is 0. The number of ketones is 1. The zero-order chi connectivity index (χ0) is 19.7. The summed E-state index contributed by atoms with van der Waals surface area (Å²) in [4.78, 5) is 32.9. The van der Waals surface area contributed by atoms with Gasteiger partial charge in [-0.15, -0.1) is 0 Å². The normalized spacial score (nSPS) is 14.4. The van der Waals surface area contributed by atoms with Gasteiger partial charge in [0.15, 0.2) is 5.78 Å². The molecule has 7 heteroatoms. The summed E-state index contributed by atoms with van der Waals surface area (Å²) < 4.78 is 2.09. The van der Waals surface area contributed by atoms with Crippen molar-refractivity contribution in [2.45, 2.75) is 38.6 Å². The smallest absolute Gasteiger partial charge is 0.251 e. The minimum Gasteiger partial charge on any atom is -0.355 e. The van der Waals surface area contributed by atoms with Gasteiger partial charge in [-0.05, 0) is 43.2 Å². The van der Waals surface area contributed by atoms with E-state index in [9.17, 15) is 9.59 Å². The second kappa shape index (κ2) is 7.42. The van der Waals surface area contributed by atoms with Crippen molar-refractivity contribution in [1.29, 1.82) is 0 Å². The van der Waals surface area contributed by atoms with Crippen molar-refractivity contribution >= 4 is 34.4 Å². The van der Waals surface area contributed by atoms with E-state index in [1.165, 1.54) is 12.8 Å². The summed E-state index contributed by atoms with van der Waals surface area (Å²) in [6, 6.07) is 9.32. The Morgan fingerprint density at radius 2 is 1.86 bits per heavy atom. The van der Waals surface area contributed by atoms with Crippen molar-refractivity contribution in [2.24, 2.45) is 0 Å². The number of aromatic nitrogens is 3. The Labute approximate surface area is 163 Å². The van der Waals surface area contributed by atoms with Crippen molar-refractivity contribution in [1.82, 2.24) is 19.9 Å². The van der Waals surface area contributed by atoms with Gasteiger partial charge in [-0.1, -0.05) is 12.8 Å². The molecule has 28 heavy (non-hydrogen) atoms. The lowest BCUT2D eigenvalue weighted by molar-refractivity contribution is 0.0961. The highest BCUT2D eigenvalue weighted by molar-refractivity contribution is 5.98. The molecule has 0 saturated heterocycles. The molecule has 1 fully saturated rings. The first-order valence-corrected chi connectivity index (χ1v) is 9.55. The van der Waals surface area contributed by atoms with Crippen LogP contribution in [-0.4, -0.2) is 33.3 Å². The Kier molecular flexibility index (Phi) is 4.81. The first kappa shape index (κ1) is 18.2. The van der Waals surface area contributed by atoms with Gasteiger partial charge >= 0.3 is 0 Å². The highest BCUT2D eigenvalue weighted by atomic mass is 16.1. The Morgan fingerprint density at radius 3 is 2.50 bits per heavy atom. The Morgan fingerprint density at radius 1 is 1.14 bits per heavy atom. The molecule has 1 aromatic carbocycles. The number of nitrogens with one attached hydrogen (secondary N) is 2. The van der Waals surface area contributed by atoms with E-state index < -0.39 is 0 Å². The van der Waals surface area contributed by atoms with Gasteiger partial charge in [0.1, 0.15) is 5.65 Å². The predicted molar refractivity (Wildman–Crippen MR) is 108 cm³/mol. The summed E-state index contributed by atoms with van der Waals surface area (Å²) in [5.41, 5.74) is 2.86. The van der Waals surface area contributed by atoms with E-state index in [0.717, 1.165) is 29.6 Å². The molecule has 1 saturated carbocycles. The van der Waals surface area contributed by atoms with Crippen LogP contribution in [0.3, 0.4) is 0 Å². The molecule has 1 amide bonds. The van der Waals surface area contributed by atoms with E-state index in [4.69, 9.17) is 4.98 Å². The van der Waals surface area contributed by atoms with Gasteiger partial charge in [0.05, 0.1) is 5.69 Å². The predicted octanol–water partition coefficient (Wildman–Crippen LogP) is 3.85. The number of fused-ring (bicyclic) bond motifs is 1. The number of hydrogen-bond acceptors (Lipinski definition) is 5. The van der Waals surface area contributed by atoms with Crippen molar-refractivity contribution in [3.05, 3.63) is 47.8 Å². The molecule has 2 aromatic heterocycles. The van der Waals surface area contributed by atoms with Crippen molar-refractivity contribution < 1.29 is 9.59 Å². The largest absolute Gasteiger partial charge is 0.355 e. The van der Waals surface area contributed by atoms with Gasteiger partial charge in [-0.3, -0.25) is 9.59 Å². The zero-order valence-corrected chi connectivity index (χ0v) is 16.0. The highest BCUT2D eigenvalue weighted by Gasteiger charge is 2.24. The number of rotatable bonds is 5. The van der Waals surface area contributed by atoms with Crippen LogP contribution >= 0.6 is 0 Å². The van der Waals surface area contributed by atoms with Crippen molar-refractivity contribution in [3.8, 4) is 0 Å². The minimum atomic E-state index is -0.129. The lowest BCUT2D eigenvalue weighted by Crippen LogP contribution is -2.17. The second-order valence-corrected chi connectivity index (χ2v) is 7.15. The minimum absolute atomic E-state index is 0.0456. The van der Waals surface area contributed by atoms with Crippen LogP contribution < -0.4 is 10.6 Å². The molecule has 2 N–H and O–H groups in total. The first-order valence-electron chi connectivity index (χ1n) is 9.55. The maximum Gasteiger partial charge on any atom is 0.251 e. The standard InChI is InChI=1S/C21H23N5O2/c1-13(27)18-11-15-12-23-21(25-19(15)26(18)17-5-3-4-6-17)24-16-9-7-14(8-10-16)20(28)22-2/h7-12,17H,3-6H2,1-2H3,(H,22,28)(H,23,24,25). The fourth-order valence-electron chi connectivity index (χ4n) is 3.85. The van der Waals surface area contributed by atoms with Gasteiger partial charge in [0.2, 0.25) is 5.95 Å². The average Bonchev–Trinajstić information content (AvgIpc) is 3.35. The molecule has 0 bridgehead atoms. The van der Waals surface area contributed by atoms with E-state index in [2.05, 4.69) is 20.2 Å². The fraction of sp³-hybridized carbons (Fsp3) is 0.333. The fourth-order valence-corrected chi connectivity index (χ4v) is 3.85. The molecule has 4 rings (SSSR count). The molecular formula is C21H23N5O2. The molecule has 1 aliphatic carbocycles. The molecule has 3 aromatic rings. The van der Waals surface area contributed by atoms with Gasteiger partial charge in [0, 0.05) is 42.8 Å². The van der Waals surface area contributed by atoms with E-state index in [-0.39, 0.29) is 11.7 Å². The Hall–Kier alpha value is -3.22. The molecule has 0 radical (unpaired) electrons. The summed E-state index contributed by atoms with van der Waals surface area (Å²) in [6.07, 6.45) is 6.24. The molecule has 2 heterocycles. The Balaban J connectivity index is 1.68. The van der Waals surface area contributed by atoms with Crippen LogP contribution in [0.4, 0.5) is 11.6 Å². The lowest BCUT2D eigenvalue weighted by atomic mass is 10.2. The maximum atomic E-state index is 12.2. The molecule has 0 aliphatic heterocycles. The number of benzene rings is 1. The number of anilines is 2. The third-order valence-corrected chi connectivity index (χ3v) is 5.26. The number of hydrogen-bond donors (Lipinski definition) is 2. The number of carbonyl (C=O) groups is 2. The molecular weight excluding hydrogens is 354 g/mol. The number of Topliss-reactive ketones (excluding diaryl/α,β-unsaturated/α-hetero) is 1.